The van der Waals surface area contributed by atoms with Crippen molar-refractivity contribution in [1.82, 2.24) is 0 Å². The summed E-state index contributed by atoms with van der Waals surface area (Å²) in [6, 6.07) is 13.5. The molecule has 4 heteroatoms. The Kier molecular flexibility index (Phi) is 6.03. The van der Waals surface area contributed by atoms with Crippen molar-refractivity contribution in [1.29, 1.82) is 0 Å². The number of benzene rings is 2. The number of hydrogen-bond donors (Lipinski definition) is 2. The van der Waals surface area contributed by atoms with E-state index in [9.17, 15) is 4.79 Å². The molecular weight excluding hydrogens is 288 g/mol. The average Bonchev–Trinajstić information content (AvgIpc) is 2.52. The molecule has 0 radical (unpaired) electrons. The van der Waals surface area contributed by atoms with Crippen LogP contribution in [0.5, 0.6) is 5.75 Å². The molecule has 0 spiro atoms. The Morgan fingerprint density at radius 2 is 2.04 bits per heavy atom. The second-order valence-electron chi connectivity index (χ2n) is 5.64. The zero-order valence-electron chi connectivity index (χ0n) is 13.8. The fourth-order valence-electron chi connectivity index (χ4n) is 2.30. The van der Waals surface area contributed by atoms with E-state index in [1.165, 1.54) is 0 Å². The Balaban J connectivity index is 1.87. The molecule has 0 aliphatic carbocycles. The van der Waals surface area contributed by atoms with Gasteiger partial charge in [0.05, 0.1) is 12.3 Å². The lowest BCUT2D eigenvalue weighted by Gasteiger charge is -2.10. The van der Waals surface area contributed by atoms with Crippen molar-refractivity contribution in [3.63, 3.8) is 0 Å². The van der Waals surface area contributed by atoms with Crippen LogP contribution in [-0.4, -0.2) is 12.5 Å². The molecule has 2 aromatic carbocycles. The highest BCUT2D eigenvalue weighted by atomic mass is 16.5. The molecule has 0 bridgehead atoms. The van der Waals surface area contributed by atoms with E-state index in [0.29, 0.717) is 30.9 Å². The monoisotopic (exact) mass is 312 g/mol. The first kappa shape index (κ1) is 16.9. The van der Waals surface area contributed by atoms with E-state index in [-0.39, 0.29) is 5.91 Å². The molecule has 3 N–H and O–H groups in total. The third-order valence-corrected chi connectivity index (χ3v) is 3.48. The molecule has 2 aromatic rings. The molecular formula is C19H24N2O2. The Labute approximate surface area is 137 Å². The maximum absolute atomic E-state index is 12.0. The van der Waals surface area contributed by atoms with Crippen LogP contribution in [0.3, 0.4) is 0 Å². The maximum atomic E-state index is 12.0. The molecule has 0 fully saturated rings. The van der Waals surface area contributed by atoms with Gasteiger partial charge in [0.15, 0.2) is 0 Å². The van der Waals surface area contributed by atoms with Gasteiger partial charge in [-0.25, -0.2) is 0 Å². The number of anilines is 2. The van der Waals surface area contributed by atoms with Crippen molar-refractivity contribution in [2.24, 2.45) is 0 Å². The number of ether oxygens (including phenoxy) is 1. The Morgan fingerprint density at radius 1 is 1.22 bits per heavy atom. The first-order chi connectivity index (χ1) is 11.1. The first-order valence-corrected chi connectivity index (χ1v) is 7.96. The molecule has 122 valence electrons. The van der Waals surface area contributed by atoms with Crippen molar-refractivity contribution >= 4 is 17.3 Å². The van der Waals surface area contributed by atoms with E-state index in [0.717, 1.165) is 23.2 Å². The number of aryl methyl sites for hydroxylation is 2. The predicted octanol–water partition coefficient (Wildman–Crippen LogP) is 3.94. The number of nitrogen functional groups attached to an aromatic ring is 1. The molecule has 0 saturated heterocycles. The largest absolute Gasteiger partial charge is 0.491 e. The van der Waals surface area contributed by atoms with Crippen LogP contribution in [0.25, 0.3) is 0 Å². The van der Waals surface area contributed by atoms with Crippen LogP contribution in [0.2, 0.25) is 0 Å². The average molecular weight is 312 g/mol. The number of rotatable bonds is 7. The number of hydrogen-bond acceptors (Lipinski definition) is 3. The number of amides is 1. The highest BCUT2D eigenvalue weighted by Gasteiger charge is 2.06. The molecule has 0 aliphatic heterocycles. The lowest BCUT2D eigenvalue weighted by atomic mass is 10.1. The minimum absolute atomic E-state index is 0.000445. The smallest absolute Gasteiger partial charge is 0.224 e. The molecule has 23 heavy (non-hydrogen) atoms. The quantitative estimate of drug-likeness (QED) is 0.761. The SMILES string of the molecule is CCCOc1ccc(CCC(=O)Nc2cccc(C)c2)cc1N. The van der Waals surface area contributed by atoms with Crippen molar-refractivity contribution in [2.75, 3.05) is 17.7 Å². The summed E-state index contributed by atoms with van der Waals surface area (Å²) in [6.45, 7) is 4.71. The third-order valence-electron chi connectivity index (χ3n) is 3.48. The lowest BCUT2D eigenvalue weighted by molar-refractivity contribution is -0.116. The Bertz CT molecular complexity index is 668. The van der Waals surface area contributed by atoms with Gasteiger partial charge in [-0.1, -0.05) is 25.1 Å². The molecule has 4 nitrogen and oxygen atoms in total. The van der Waals surface area contributed by atoms with Gasteiger partial charge in [0.1, 0.15) is 5.75 Å². The molecule has 0 saturated carbocycles. The van der Waals surface area contributed by atoms with Gasteiger partial charge in [0, 0.05) is 12.1 Å². The van der Waals surface area contributed by atoms with Crippen LogP contribution in [0.15, 0.2) is 42.5 Å². The fourth-order valence-corrected chi connectivity index (χ4v) is 2.30. The normalized spacial score (nSPS) is 10.3. The van der Waals surface area contributed by atoms with Gasteiger partial charge in [-0.05, 0) is 55.2 Å². The molecule has 0 aromatic heterocycles. The highest BCUT2D eigenvalue weighted by molar-refractivity contribution is 5.90. The highest BCUT2D eigenvalue weighted by Crippen LogP contribution is 2.23. The zero-order chi connectivity index (χ0) is 16.7. The Hall–Kier alpha value is -2.49. The number of carbonyl (C=O) groups is 1. The van der Waals surface area contributed by atoms with Crippen molar-refractivity contribution in [3.05, 3.63) is 53.6 Å². The molecule has 0 aliphatic rings. The summed E-state index contributed by atoms with van der Waals surface area (Å²) >= 11 is 0. The minimum atomic E-state index is 0.000445. The third kappa shape index (κ3) is 5.33. The maximum Gasteiger partial charge on any atom is 0.224 e. The molecule has 0 atom stereocenters. The van der Waals surface area contributed by atoms with Gasteiger partial charge in [-0.15, -0.1) is 0 Å². The fraction of sp³-hybridized carbons (Fsp3) is 0.316. The molecule has 2 rings (SSSR count). The summed E-state index contributed by atoms with van der Waals surface area (Å²) in [7, 11) is 0. The van der Waals surface area contributed by atoms with Crippen LogP contribution in [-0.2, 0) is 11.2 Å². The van der Waals surface area contributed by atoms with Crippen LogP contribution in [0.4, 0.5) is 11.4 Å². The minimum Gasteiger partial charge on any atom is -0.491 e. The van der Waals surface area contributed by atoms with Gasteiger partial charge < -0.3 is 15.8 Å². The summed E-state index contributed by atoms with van der Waals surface area (Å²) in [5.41, 5.74) is 9.59. The van der Waals surface area contributed by atoms with Gasteiger partial charge in [-0.3, -0.25) is 4.79 Å². The second-order valence-corrected chi connectivity index (χ2v) is 5.64. The summed E-state index contributed by atoms with van der Waals surface area (Å²) in [6.07, 6.45) is 2.01. The van der Waals surface area contributed by atoms with E-state index in [1.807, 2.05) is 49.4 Å². The van der Waals surface area contributed by atoms with Gasteiger partial charge >= 0.3 is 0 Å². The van der Waals surface area contributed by atoms with E-state index < -0.39 is 0 Å². The molecule has 1 amide bonds. The standard InChI is InChI=1S/C19H24N2O2/c1-3-11-23-18-9-7-15(13-17(18)20)8-10-19(22)21-16-6-4-5-14(2)12-16/h4-7,9,12-13H,3,8,10-11,20H2,1-2H3,(H,21,22). The molecule has 0 heterocycles. The Morgan fingerprint density at radius 3 is 2.74 bits per heavy atom. The summed E-state index contributed by atoms with van der Waals surface area (Å²) in [5.74, 6) is 0.709. The summed E-state index contributed by atoms with van der Waals surface area (Å²) in [5, 5.41) is 2.91. The molecule has 0 unspecified atom stereocenters. The van der Waals surface area contributed by atoms with E-state index >= 15 is 0 Å². The number of nitrogens with one attached hydrogen (secondary N) is 1. The lowest BCUT2D eigenvalue weighted by Crippen LogP contribution is -2.12. The van der Waals surface area contributed by atoms with Gasteiger partial charge in [-0.2, -0.15) is 0 Å². The summed E-state index contributed by atoms with van der Waals surface area (Å²) < 4.78 is 5.55. The number of nitrogens with two attached hydrogens (primary N) is 1. The van der Waals surface area contributed by atoms with Crippen molar-refractivity contribution in [3.8, 4) is 5.75 Å². The number of carbonyl (C=O) groups excluding carboxylic acids is 1. The van der Waals surface area contributed by atoms with Crippen molar-refractivity contribution < 1.29 is 9.53 Å². The zero-order valence-corrected chi connectivity index (χ0v) is 13.8. The van der Waals surface area contributed by atoms with Gasteiger partial charge in [0.2, 0.25) is 5.91 Å². The van der Waals surface area contributed by atoms with Crippen LogP contribution in [0.1, 0.15) is 30.9 Å². The van der Waals surface area contributed by atoms with E-state index in [2.05, 4.69) is 12.2 Å². The summed E-state index contributed by atoms with van der Waals surface area (Å²) in [4.78, 5) is 12.0. The second kappa shape index (κ2) is 8.22. The first-order valence-electron chi connectivity index (χ1n) is 7.96. The van der Waals surface area contributed by atoms with Gasteiger partial charge in [0.25, 0.3) is 0 Å². The van der Waals surface area contributed by atoms with E-state index in [1.54, 1.807) is 0 Å². The van der Waals surface area contributed by atoms with Crippen LogP contribution < -0.4 is 15.8 Å². The predicted molar refractivity (Wildman–Crippen MR) is 94.8 cm³/mol. The van der Waals surface area contributed by atoms with Crippen LogP contribution >= 0.6 is 0 Å². The van der Waals surface area contributed by atoms with E-state index in [4.69, 9.17) is 10.5 Å². The van der Waals surface area contributed by atoms with Crippen LogP contribution in [0, 0.1) is 6.92 Å². The topological polar surface area (TPSA) is 64.3 Å². The van der Waals surface area contributed by atoms with Crippen molar-refractivity contribution in [2.45, 2.75) is 33.1 Å².